The average molecular weight is 328 g/mol. The number of amides is 2. The quantitative estimate of drug-likeness (QED) is 0.787. The Bertz CT molecular complexity index is 711. The SMILES string of the molecule is Cc1cc(NC(=O)Cc2ccc(NC(=O)CC(C)(C)C)cc2)n[nH]1. The number of hydrogen-bond acceptors (Lipinski definition) is 3. The van der Waals surface area contributed by atoms with E-state index in [4.69, 9.17) is 0 Å². The van der Waals surface area contributed by atoms with Crippen LogP contribution in [0.5, 0.6) is 0 Å². The molecule has 2 amide bonds. The van der Waals surface area contributed by atoms with Crippen molar-refractivity contribution in [3.05, 3.63) is 41.6 Å². The molecule has 0 atom stereocenters. The molecular formula is C18H24N4O2. The van der Waals surface area contributed by atoms with Crippen molar-refractivity contribution in [2.75, 3.05) is 10.6 Å². The molecular weight excluding hydrogens is 304 g/mol. The van der Waals surface area contributed by atoms with E-state index in [0.717, 1.165) is 16.9 Å². The number of carbonyl (C=O) groups is 2. The van der Waals surface area contributed by atoms with Crippen LogP contribution in [0.2, 0.25) is 0 Å². The molecule has 0 spiro atoms. The monoisotopic (exact) mass is 328 g/mol. The number of hydrogen-bond donors (Lipinski definition) is 3. The highest BCUT2D eigenvalue weighted by molar-refractivity contribution is 5.92. The van der Waals surface area contributed by atoms with Gasteiger partial charge in [-0.1, -0.05) is 32.9 Å². The van der Waals surface area contributed by atoms with E-state index in [1.165, 1.54) is 0 Å². The molecule has 1 aromatic carbocycles. The molecule has 2 aromatic rings. The van der Waals surface area contributed by atoms with Crippen molar-refractivity contribution < 1.29 is 9.59 Å². The average Bonchev–Trinajstić information content (AvgIpc) is 2.84. The zero-order valence-electron chi connectivity index (χ0n) is 14.6. The van der Waals surface area contributed by atoms with Crippen molar-refractivity contribution in [1.29, 1.82) is 0 Å². The summed E-state index contributed by atoms with van der Waals surface area (Å²) in [5.41, 5.74) is 2.44. The van der Waals surface area contributed by atoms with Gasteiger partial charge in [-0.05, 0) is 30.0 Å². The van der Waals surface area contributed by atoms with E-state index in [0.29, 0.717) is 12.2 Å². The molecule has 0 bridgehead atoms. The number of aromatic nitrogens is 2. The minimum Gasteiger partial charge on any atom is -0.326 e. The van der Waals surface area contributed by atoms with E-state index in [-0.39, 0.29) is 23.7 Å². The van der Waals surface area contributed by atoms with Gasteiger partial charge in [0.1, 0.15) is 0 Å². The van der Waals surface area contributed by atoms with Crippen molar-refractivity contribution >= 4 is 23.3 Å². The lowest BCUT2D eigenvalue weighted by Gasteiger charge is -2.17. The van der Waals surface area contributed by atoms with Gasteiger partial charge in [-0.3, -0.25) is 14.7 Å². The van der Waals surface area contributed by atoms with Crippen LogP contribution < -0.4 is 10.6 Å². The first-order valence-corrected chi connectivity index (χ1v) is 7.92. The van der Waals surface area contributed by atoms with Crippen molar-refractivity contribution in [3.63, 3.8) is 0 Å². The third-order valence-corrected chi connectivity index (χ3v) is 3.27. The van der Waals surface area contributed by atoms with Crippen molar-refractivity contribution in [1.82, 2.24) is 10.2 Å². The second-order valence-corrected chi connectivity index (χ2v) is 7.14. The van der Waals surface area contributed by atoms with Crippen LogP contribution in [0.1, 0.15) is 38.4 Å². The van der Waals surface area contributed by atoms with E-state index < -0.39 is 0 Å². The van der Waals surface area contributed by atoms with Gasteiger partial charge in [0, 0.05) is 23.9 Å². The molecule has 6 heteroatoms. The van der Waals surface area contributed by atoms with Gasteiger partial charge in [0.25, 0.3) is 0 Å². The van der Waals surface area contributed by atoms with Gasteiger partial charge < -0.3 is 10.6 Å². The van der Waals surface area contributed by atoms with Gasteiger partial charge in [-0.2, -0.15) is 5.10 Å². The molecule has 0 fully saturated rings. The highest BCUT2D eigenvalue weighted by Gasteiger charge is 2.16. The largest absolute Gasteiger partial charge is 0.326 e. The van der Waals surface area contributed by atoms with Crippen LogP contribution in [0.25, 0.3) is 0 Å². The molecule has 0 unspecified atom stereocenters. The molecule has 6 nitrogen and oxygen atoms in total. The second kappa shape index (κ2) is 7.29. The summed E-state index contributed by atoms with van der Waals surface area (Å²) in [6, 6.07) is 9.06. The predicted octanol–water partition coefficient (Wildman–Crippen LogP) is 3.27. The molecule has 0 aliphatic heterocycles. The van der Waals surface area contributed by atoms with Gasteiger partial charge in [-0.15, -0.1) is 0 Å². The first-order valence-electron chi connectivity index (χ1n) is 7.92. The number of aryl methyl sites for hydroxylation is 1. The molecule has 128 valence electrons. The zero-order valence-corrected chi connectivity index (χ0v) is 14.6. The van der Waals surface area contributed by atoms with Crippen LogP contribution in [0.3, 0.4) is 0 Å². The molecule has 1 aromatic heterocycles. The van der Waals surface area contributed by atoms with Gasteiger partial charge in [0.2, 0.25) is 11.8 Å². The fraction of sp³-hybridized carbons (Fsp3) is 0.389. The number of carbonyl (C=O) groups excluding carboxylic acids is 2. The van der Waals surface area contributed by atoms with Crippen molar-refractivity contribution in [2.24, 2.45) is 5.41 Å². The summed E-state index contributed by atoms with van der Waals surface area (Å²) in [6.07, 6.45) is 0.711. The maximum atomic E-state index is 12.0. The molecule has 3 N–H and O–H groups in total. The Labute approximate surface area is 142 Å². The lowest BCUT2D eigenvalue weighted by molar-refractivity contribution is -0.118. The Hall–Kier alpha value is -2.63. The normalized spacial score (nSPS) is 11.2. The molecule has 0 saturated carbocycles. The summed E-state index contributed by atoms with van der Waals surface area (Å²) in [5, 5.41) is 12.3. The number of benzene rings is 1. The smallest absolute Gasteiger partial charge is 0.229 e. The number of nitrogens with zero attached hydrogens (tertiary/aromatic N) is 1. The number of rotatable bonds is 5. The van der Waals surface area contributed by atoms with E-state index in [1.807, 2.05) is 52.0 Å². The maximum absolute atomic E-state index is 12.0. The Morgan fingerprint density at radius 2 is 1.75 bits per heavy atom. The van der Waals surface area contributed by atoms with Crippen molar-refractivity contribution in [3.8, 4) is 0 Å². The van der Waals surface area contributed by atoms with Crippen LogP contribution >= 0.6 is 0 Å². The van der Waals surface area contributed by atoms with Gasteiger partial charge in [-0.25, -0.2) is 0 Å². The van der Waals surface area contributed by atoms with E-state index in [9.17, 15) is 9.59 Å². The predicted molar refractivity (Wildman–Crippen MR) is 94.8 cm³/mol. The Kier molecular flexibility index (Phi) is 5.39. The van der Waals surface area contributed by atoms with Crippen LogP contribution in [0.15, 0.2) is 30.3 Å². The fourth-order valence-corrected chi connectivity index (χ4v) is 2.25. The maximum Gasteiger partial charge on any atom is 0.229 e. The van der Waals surface area contributed by atoms with E-state index in [1.54, 1.807) is 6.07 Å². The third-order valence-electron chi connectivity index (χ3n) is 3.27. The second-order valence-electron chi connectivity index (χ2n) is 7.14. The highest BCUT2D eigenvalue weighted by atomic mass is 16.2. The fourth-order valence-electron chi connectivity index (χ4n) is 2.25. The van der Waals surface area contributed by atoms with Gasteiger partial charge in [0.15, 0.2) is 5.82 Å². The Morgan fingerprint density at radius 1 is 1.08 bits per heavy atom. The number of H-pyrrole nitrogens is 1. The summed E-state index contributed by atoms with van der Waals surface area (Å²) in [7, 11) is 0. The van der Waals surface area contributed by atoms with Crippen molar-refractivity contribution in [2.45, 2.75) is 40.5 Å². The summed E-state index contributed by atoms with van der Waals surface area (Å²) < 4.78 is 0. The number of anilines is 2. The summed E-state index contributed by atoms with van der Waals surface area (Å²) in [6.45, 7) is 7.94. The van der Waals surface area contributed by atoms with Gasteiger partial charge in [0.05, 0.1) is 6.42 Å². The molecule has 0 aliphatic carbocycles. The summed E-state index contributed by atoms with van der Waals surface area (Å²) in [5.74, 6) is 0.372. The minimum absolute atomic E-state index is 0.0121. The number of aromatic amines is 1. The summed E-state index contributed by atoms with van der Waals surface area (Å²) >= 11 is 0. The molecule has 1 heterocycles. The minimum atomic E-state index is -0.133. The first-order chi connectivity index (χ1) is 11.2. The third kappa shape index (κ3) is 5.87. The lowest BCUT2D eigenvalue weighted by atomic mass is 9.92. The molecule has 0 radical (unpaired) electrons. The Morgan fingerprint density at radius 3 is 2.29 bits per heavy atom. The zero-order chi connectivity index (χ0) is 17.7. The van der Waals surface area contributed by atoms with E-state index in [2.05, 4.69) is 20.8 Å². The summed E-state index contributed by atoms with van der Waals surface area (Å²) in [4.78, 5) is 23.9. The first kappa shape index (κ1) is 17.7. The van der Waals surface area contributed by atoms with Crippen LogP contribution in [-0.2, 0) is 16.0 Å². The molecule has 2 rings (SSSR count). The van der Waals surface area contributed by atoms with Crippen LogP contribution in [0, 0.1) is 12.3 Å². The van der Waals surface area contributed by atoms with Gasteiger partial charge >= 0.3 is 0 Å². The topological polar surface area (TPSA) is 86.9 Å². The molecule has 24 heavy (non-hydrogen) atoms. The Balaban J connectivity index is 1.87. The molecule has 0 saturated heterocycles. The van der Waals surface area contributed by atoms with E-state index >= 15 is 0 Å². The lowest BCUT2D eigenvalue weighted by Crippen LogP contribution is -2.19. The standard InChI is InChI=1S/C18H24N4O2/c1-12-9-15(22-21-12)20-16(23)10-13-5-7-14(8-6-13)19-17(24)11-18(2,3)4/h5-9H,10-11H2,1-4H3,(H,19,24)(H2,20,21,22,23). The molecule has 0 aliphatic rings. The van der Waals surface area contributed by atoms with Crippen LogP contribution in [-0.4, -0.2) is 22.0 Å². The van der Waals surface area contributed by atoms with Crippen LogP contribution in [0.4, 0.5) is 11.5 Å². The number of nitrogens with one attached hydrogen (secondary N) is 3. The highest BCUT2D eigenvalue weighted by Crippen LogP contribution is 2.20.